The summed E-state index contributed by atoms with van der Waals surface area (Å²) in [4.78, 5) is 10.9. The SMILES string of the molecule is CCC(CO)(CO)NC(=O)OCC(F)(F)F. The van der Waals surface area contributed by atoms with Crippen LogP contribution in [0, 0.1) is 0 Å². The van der Waals surface area contributed by atoms with Crippen molar-refractivity contribution in [1.82, 2.24) is 5.32 Å². The van der Waals surface area contributed by atoms with Crippen LogP contribution >= 0.6 is 0 Å². The van der Waals surface area contributed by atoms with E-state index in [2.05, 4.69) is 4.74 Å². The Kier molecular flexibility index (Phi) is 5.52. The quantitative estimate of drug-likeness (QED) is 0.655. The predicted molar refractivity (Wildman–Crippen MR) is 47.7 cm³/mol. The summed E-state index contributed by atoms with van der Waals surface area (Å²) in [6, 6.07) is 0. The van der Waals surface area contributed by atoms with Crippen molar-refractivity contribution in [2.45, 2.75) is 25.1 Å². The van der Waals surface area contributed by atoms with Crippen molar-refractivity contribution in [1.29, 1.82) is 0 Å². The Hall–Kier alpha value is -1.02. The number of alkyl halides is 3. The summed E-state index contributed by atoms with van der Waals surface area (Å²) in [5, 5.41) is 19.8. The van der Waals surface area contributed by atoms with Crippen LogP contribution in [0.3, 0.4) is 0 Å². The number of amides is 1. The number of ether oxygens (including phenoxy) is 1. The molecule has 5 nitrogen and oxygen atoms in total. The number of hydrogen-bond acceptors (Lipinski definition) is 4. The predicted octanol–water partition coefficient (Wildman–Crippen LogP) is 0.408. The zero-order chi connectivity index (χ0) is 12.8. The summed E-state index contributed by atoms with van der Waals surface area (Å²) in [6.45, 7) is -1.35. The Morgan fingerprint density at radius 2 is 1.81 bits per heavy atom. The molecule has 0 heterocycles. The minimum atomic E-state index is -4.61. The molecular formula is C8H14F3NO4. The van der Waals surface area contributed by atoms with E-state index in [1.165, 1.54) is 0 Å². The molecule has 0 fully saturated rings. The molecule has 0 spiro atoms. The Morgan fingerprint density at radius 3 is 2.12 bits per heavy atom. The van der Waals surface area contributed by atoms with E-state index in [0.717, 1.165) is 0 Å². The van der Waals surface area contributed by atoms with Crippen LogP contribution in [0.5, 0.6) is 0 Å². The Balaban J connectivity index is 4.21. The monoisotopic (exact) mass is 245 g/mol. The van der Waals surface area contributed by atoms with Crippen molar-refractivity contribution < 1.29 is 32.9 Å². The largest absolute Gasteiger partial charge is 0.440 e. The molecule has 0 bridgehead atoms. The minimum absolute atomic E-state index is 0.154. The van der Waals surface area contributed by atoms with Gasteiger partial charge in [0.2, 0.25) is 0 Å². The number of halogens is 3. The molecule has 0 aromatic rings. The van der Waals surface area contributed by atoms with Crippen molar-refractivity contribution in [2.75, 3.05) is 19.8 Å². The fraction of sp³-hybridized carbons (Fsp3) is 0.875. The lowest BCUT2D eigenvalue weighted by Crippen LogP contribution is -2.54. The van der Waals surface area contributed by atoms with E-state index >= 15 is 0 Å². The lowest BCUT2D eigenvalue weighted by atomic mass is 9.99. The Morgan fingerprint density at radius 1 is 1.31 bits per heavy atom. The van der Waals surface area contributed by atoms with Crippen molar-refractivity contribution in [2.24, 2.45) is 0 Å². The molecule has 1 amide bonds. The van der Waals surface area contributed by atoms with Crippen molar-refractivity contribution in [3.8, 4) is 0 Å². The molecule has 8 heteroatoms. The van der Waals surface area contributed by atoms with Crippen LogP contribution in [0.4, 0.5) is 18.0 Å². The van der Waals surface area contributed by atoms with Gasteiger partial charge >= 0.3 is 12.3 Å². The van der Waals surface area contributed by atoms with Gasteiger partial charge in [-0.1, -0.05) is 6.92 Å². The van der Waals surface area contributed by atoms with Crippen LogP contribution in [0.15, 0.2) is 0 Å². The van der Waals surface area contributed by atoms with E-state index in [-0.39, 0.29) is 6.42 Å². The second kappa shape index (κ2) is 5.90. The molecule has 0 saturated heterocycles. The zero-order valence-corrected chi connectivity index (χ0v) is 8.67. The molecule has 0 saturated carbocycles. The molecule has 0 aromatic carbocycles. The lowest BCUT2D eigenvalue weighted by Gasteiger charge is -2.29. The third-order valence-corrected chi connectivity index (χ3v) is 2.02. The highest BCUT2D eigenvalue weighted by Gasteiger charge is 2.33. The van der Waals surface area contributed by atoms with Crippen LogP contribution in [0.25, 0.3) is 0 Å². The van der Waals surface area contributed by atoms with Crippen LogP contribution < -0.4 is 5.32 Å². The van der Waals surface area contributed by atoms with Crippen molar-refractivity contribution in [3.63, 3.8) is 0 Å². The van der Waals surface area contributed by atoms with Gasteiger partial charge in [-0.2, -0.15) is 13.2 Å². The van der Waals surface area contributed by atoms with Gasteiger partial charge in [-0.15, -0.1) is 0 Å². The summed E-state index contributed by atoms with van der Waals surface area (Å²) in [6.07, 6.45) is -5.78. The molecule has 0 aliphatic rings. The normalized spacial score (nSPS) is 12.4. The molecule has 0 rings (SSSR count). The molecule has 96 valence electrons. The number of carbonyl (C=O) groups is 1. The maximum absolute atomic E-state index is 11.7. The molecule has 3 N–H and O–H groups in total. The van der Waals surface area contributed by atoms with E-state index in [0.29, 0.717) is 0 Å². The second-order valence-electron chi connectivity index (χ2n) is 3.27. The van der Waals surface area contributed by atoms with Crippen LogP contribution in [0.2, 0.25) is 0 Å². The topological polar surface area (TPSA) is 78.8 Å². The van der Waals surface area contributed by atoms with Crippen LogP contribution in [0.1, 0.15) is 13.3 Å². The number of aliphatic hydroxyl groups is 2. The van der Waals surface area contributed by atoms with E-state index in [1.54, 1.807) is 6.92 Å². The highest BCUT2D eigenvalue weighted by Crippen LogP contribution is 2.15. The third-order valence-electron chi connectivity index (χ3n) is 2.02. The molecule has 0 aliphatic heterocycles. The van der Waals surface area contributed by atoms with Crippen molar-refractivity contribution in [3.05, 3.63) is 0 Å². The van der Waals surface area contributed by atoms with Crippen LogP contribution in [-0.2, 0) is 4.74 Å². The van der Waals surface area contributed by atoms with Gasteiger partial charge in [0.1, 0.15) is 0 Å². The minimum Gasteiger partial charge on any atom is -0.440 e. The number of hydrogen-bond donors (Lipinski definition) is 3. The molecule has 0 unspecified atom stereocenters. The second-order valence-corrected chi connectivity index (χ2v) is 3.27. The van der Waals surface area contributed by atoms with Crippen LogP contribution in [-0.4, -0.2) is 47.8 Å². The molecule has 0 aromatic heterocycles. The average Bonchev–Trinajstić information content (AvgIpc) is 2.22. The fourth-order valence-corrected chi connectivity index (χ4v) is 0.841. The maximum Gasteiger partial charge on any atom is 0.422 e. The molecule has 0 radical (unpaired) electrons. The smallest absolute Gasteiger partial charge is 0.422 e. The number of rotatable bonds is 5. The maximum atomic E-state index is 11.7. The Labute approximate surface area is 90.2 Å². The summed E-state index contributed by atoms with van der Waals surface area (Å²) < 4.78 is 38.9. The number of aliphatic hydroxyl groups excluding tert-OH is 2. The standard InChI is InChI=1S/C8H14F3NO4/c1-2-7(3-13,4-14)12-6(15)16-5-8(9,10)11/h13-14H,2-5H2,1H3,(H,12,15). The zero-order valence-electron chi connectivity index (χ0n) is 8.67. The summed E-state index contributed by atoms with van der Waals surface area (Å²) in [5.41, 5.74) is -1.36. The van der Waals surface area contributed by atoms with Gasteiger partial charge in [0.15, 0.2) is 6.61 Å². The van der Waals surface area contributed by atoms with Gasteiger partial charge in [0.05, 0.1) is 18.8 Å². The fourth-order valence-electron chi connectivity index (χ4n) is 0.841. The summed E-state index contributed by atoms with van der Waals surface area (Å²) in [5.74, 6) is 0. The number of alkyl carbamates (subject to hydrolysis) is 1. The number of nitrogens with one attached hydrogen (secondary N) is 1. The molecule has 0 atom stereocenters. The molecule has 16 heavy (non-hydrogen) atoms. The van der Waals surface area contributed by atoms with E-state index < -0.39 is 37.6 Å². The van der Waals surface area contributed by atoms with Gasteiger partial charge in [0, 0.05) is 0 Å². The highest BCUT2D eigenvalue weighted by molar-refractivity contribution is 5.68. The highest BCUT2D eigenvalue weighted by atomic mass is 19.4. The number of carbonyl (C=O) groups excluding carboxylic acids is 1. The molecular weight excluding hydrogens is 231 g/mol. The van der Waals surface area contributed by atoms with Gasteiger partial charge in [0.25, 0.3) is 0 Å². The van der Waals surface area contributed by atoms with E-state index in [4.69, 9.17) is 10.2 Å². The van der Waals surface area contributed by atoms with Gasteiger partial charge in [-0.3, -0.25) is 0 Å². The first-order chi connectivity index (χ1) is 7.28. The first-order valence-electron chi connectivity index (χ1n) is 4.52. The van der Waals surface area contributed by atoms with Crippen molar-refractivity contribution >= 4 is 6.09 Å². The third kappa shape index (κ3) is 5.17. The van der Waals surface area contributed by atoms with E-state index in [9.17, 15) is 18.0 Å². The first kappa shape index (κ1) is 15.0. The summed E-state index contributed by atoms with van der Waals surface area (Å²) >= 11 is 0. The van der Waals surface area contributed by atoms with Gasteiger partial charge < -0.3 is 20.3 Å². The molecule has 0 aliphatic carbocycles. The van der Waals surface area contributed by atoms with Gasteiger partial charge in [-0.05, 0) is 6.42 Å². The first-order valence-corrected chi connectivity index (χ1v) is 4.52. The van der Waals surface area contributed by atoms with E-state index in [1.807, 2.05) is 5.32 Å². The lowest BCUT2D eigenvalue weighted by molar-refractivity contribution is -0.160. The Bertz CT molecular complexity index is 220. The van der Waals surface area contributed by atoms with Gasteiger partial charge in [-0.25, -0.2) is 4.79 Å². The summed E-state index contributed by atoms with van der Waals surface area (Å²) in [7, 11) is 0. The average molecular weight is 245 g/mol.